The van der Waals surface area contributed by atoms with E-state index in [9.17, 15) is 4.79 Å². The highest BCUT2D eigenvalue weighted by Gasteiger charge is 2.13. The van der Waals surface area contributed by atoms with Crippen molar-refractivity contribution in [1.29, 1.82) is 0 Å². The van der Waals surface area contributed by atoms with Gasteiger partial charge in [-0.3, -0.25) is 4.79 Å². The first kappa shape index (κ1) is 14.3. The number of fused-ring (bicyclic) bond motifs is 1. The molecule has 0 aliphatic carbocycles. The van der Waals surface area contributed by atoms with Gasteiger partial charge in [0.15, 0.2) is 0 Å². The molecule has 0 heterocycles. The molecule has 3 aromatic carbocycles. The first-order chi connectivity index (χ1) is 10.7. The fourth-order valence-corrected chi connectivity index (χ4v) is 2.54. The van der Waals surface area contributed by atoms with E-state index < -0.39 is 0 Å². The average Bonchev–Trinajstić information content (AvgIpc) is 2.55. The Morgan fingerprint density at radius 1 is 0.909 bits per heavy atom. The molecule has 0 saturated carbocycles. The molecule has 1 unspecified atom stereocenters. The van der Waals surface area contributed by atoms with Gasteiger partial charge in [-0.05, 0) is 34.4 Å². The van der Waals surface area contributed by atoms with Crippen molar-refractivity contribution in [2.45, 2.75) is 19.3 Å². The van der Waals surface area contributed by atoms with E-state index in [0.29, 0.717) is 12.2 Å². The fourth-order valence-electron chi connectivity index (χ4n) is 2.54. The van der Waals surface area contributed by atoms with E-state index in [1.54, 1.807) is 12.1 Å². The minimum atomic E-state index is -0.202. The van der Waals surface area contributed by atoms with Crippen LogP contribution in [0.3, 0.4) is 0 Å². The Morgan fingerprint density at radius 3 is 2.36 bits per heavy atom. The Bertz CT molecular complexity index is 778. The summed E-state index contributed by atoms with van der Waals surface area (Å²) < 4.78 is 5.36. The zero-order valence-corrected chi connectivity index (χ0v) is 12.5. The average molecular weight is 290 g/mol. The van der Waals surface area contributed by atoms with Crippen LogP contribution in [0.25, 0.3) is 10.8 Å². The Balaban J connectivity index is 1.70. The molecule has 0 aliphatic heterocycles. The van der Waals surface area contributed by atoms with Gasteiger partial charge in [-0.1, -0.05) is 67.6 Å². The van der Waals surface area contributed by atoms with Gasteiger partial charge in [-0.15, -0.1) is 0 Å². The number of rotatable bonds is 4. The quantitative estimate of drug-likeness (QED) is 0.502. The van der Waals surface area contributed by atoms with Crippen molar-refractivity contribution < 1.29 is 9.53 Å². The normalized spacial score (nSPS) is 12.0. The van der Waals surface area contributed by atoms with E-state index in [4.69, 9.17) is 4.74 Å². The van der Waals surface area contributed by atoms with Crippen LogP contribution in [0.1, 0.15) is 24.8 Å². The van der Waals surface area contributed by atoms with Crippen molar-refractivity contribution in [2.24, 2.45) is 0 Å². The Kier molecular flexibility index (Phi) is 4.19. The maximum absolute atomic E-state index is 12.0. The SMILES string of the molecule is CC(CC(=O)Oc1ccccc1)c1ccc2ccccc2c1. The molecule has 110 valence electrons. The number of carbonyl (C=O) groups excluding carboxylic acids is 1. The topological polar surface area (TPSA) is 26.3 Å². The first-order valence-electron chi connectivity index (χ1n) is 7.47. The monoisotopic (exact) mass is 290 g/mol. The van der Waals surface area contributed by atoms with Gasteiger partial charge in [-0.2, -0.15) is 0 Å². The molecule has 3 rings (SSSR count). The minimum absolute atomic E-state index is 0.126. The lowest BCUT2D eigenvalue weighted by Gasteiger charge is -2.12. The van der Waals surface area contributed by atoms with E-state index in [1.165, 1.54) is 10.8 Å². The summed E-state index contributed by atoms with van der Waals surface area (Å²) in [6.45, 7) is 2.05. The fraction of sp³-hybridized carbons (Fsp3) is 0.150. The molecule has 2 heteroatoms. The van der Waals surface area contributed by atoms with Crippen LogP contribution in [0.15, 0.2) is 72.8 Å². The Labute approximate surface area is 130 Å². The number of hydrogen-bond donors (Lipinski definition) is 0. The van der Waals surface area contributed by atoms with E-state index in [1.807, 2.05) is 30.3 Å². The number of esters is 1. The Morgan fingerprint density at radius 2 is 1.59 bits per heavy atom. The molecule has 1 atom stereocenters. The van der Waals surface area contributed by atoms with E-state index >= 15 is 0 Å². The van der Waals surface area contributed by atoms with Crippen molar-refractivity contribution in [2.75, 3.05) is 0 Å². The summed E-state index contributed by atoms with van der Waals surface area (Å²) >= 11 is 0. The third-order valence-corrected chi connectivity index (χ3v) is 3.79. The molecule has 0 amide bonds. The lowest BCUT2D eigenvalue weighted by Crippen LogP contribution is -2.11. The molecule has 0 N–H and O–H groups in total. The van der Waals surface area contributed by atoms with Gasteiger partial charge in [0.1, 0.15) is 5.75 Å². The summed E-state index contributed by atoms with van der Waals surface area (Å²) in [6, 6.07) is 23.8. The molecule has 3 aromatic rings. The van der Waals surface area contributed by atoms with Crippen molar-refractivity contribution >= 4 is 16.7 Å². The number of ether oxygens (including phenoxy) is 1. The smallest absolute Gasteiger partial charge is 0.311 e. The summed E-state index contributed by atoms with van der Waals surface area (Å²) in [5, 5.41) is 2.41. The van der Waals surface area contributed by atoms with Crippen LogP contribution >= 0.6 is 0 Å². The maximum Gasteiger partial charge on any atom is 0.311 e. The van der Waals surface area contributed by atoms with Crippen molar-refractivity contribution in [3.63, 3.8) is 0 Å². The molecule has 0 bridgehead atoms. The second-order valence-electron chi connectivity index (χ2n) is 5.50. The second-order valence-corrected chi connectivity index (χ2v) is 5.50. The minimum Gasteiger partial charge on any atom is -0.427 e. The largest absolute Gasteiger partial charge is 0.427 e. The van der Waals surface area contributed by atoms with Gasteiger partial charge in [-0.25, -0.2) is 0 Å². The van der Waals surface area contributed by atoms with Crippen LogP contribution in [-0.4, -0.2) is 5.97 Å². The van der Waals surface area contributed by atoms with Crippen LogP contribution < -0.4 is 4.74 Å². The maximum atomic E-state index is 12.0. The standard InChI is InChI=1S/C20H18O2/c1-15(13-20(21)22-19-9-3-2-4-10-19)17-12-11-16-7-5-6-8-18(16)14-17/h2-12,14-15H,13H2,1H3. The molecule has 0 saturated heterocycles. The van der Waals surface area contributed by atoms with Crippen molar-refractivity contribution in [3.8, 4) is 5.75 Å². The summed E-state index contributed by atoms with van der Waals surface area (Å²) in [6.07, 6.45) is 0.368. The molecule has 2 nitrogen and oxygen atoms in total. The third kappa shape index (κ3) is 3.34. The zero-order valence-electron chi connectivity index (χ0n) is 12.5. The molecule has 0 aliphatic rings. The summed E-state index contributed by atoms with van der Waals surface area (Å²) in [7, 11) is 0. The van der Waals surface area contributed by atoms with Crippen molar-refractivity contribution in [1.82, 2.24) is 0 Å². The van der Waals surface area contributed by atoms with Gasteiger partial charge >= 0.3 is 5.97 Å². The predicted octanol–water partition coefficient (Wildman–Crippen LogP) is 4.94. The summed E-state index contributed by atoms with van der Waals surface area (Å²) in [4.78, 5) is 12.0. The molecule has 0 radical (unpaired) electrons. The highest BCUT2D eigenvalue weighted by molar-refractivity contribution is 5.83. The summed E-state index contributed by atoms with van der Waals surface area (Å²) in [5.74, 6) is 0.519. The van der Waals surface area contributed by atoms with Crippen LogP contribution in [0.5, 0.6) is 5.75 Å². The van der Waals surface area contributed by atoms with Gasteiger partial charge < -0.3 is 4.74 Å². The molecule has 22 heavy (non-hydrogen) atoms. The highest BCUT2D eigenvalue weighted by Crippen LogP contribution is 2.24. The van der Waals surface area contributed by atoms with Crippen molar-refractivity contribution in [3.05, 3.63) is 78.4 Å². The van der Waals surface area contributed by atoms with Gasteiger partial charge in [0.05, 0.1) is 6.42 Å². The highest BCUT2D eigenvalue weighted by atomic mass is 16.5. The summed E-state index contributed by atoms with van der Waals surface area (Å²) in [5.41, 5.74) is 1.16. The van der Waals surface area contributed by atoms with Crippen LogP contribution in [0.2, 0.25) is 0 Å². The molecular formula is C20H18O2. The van der Waals surface area contributed by atoms with Crippen LogP contribution in [0, 0.1) is 0 Å². The van der Waals surface area contributed by atoms with Crippen LogP contribution in [0.4, 0.5) is 0 Å². The predicted molar refractivity (Wildman–Crippen MR) is 89.1 cm³/mol. The first-order valence-corrected chi connectivity index (χ1v) is 7.47. The number of para-hydroxylation sites is 1. The van der Waals surface area contributed by atoms with E-state index in [2.05, 4.69) is 37.3 Å². The van der Waals surface area contributed by atoms with Gasteiger partial charge in [0, 0.05) is 0 Å². The Hall–Kier alpha value is -2.61. The van der Waals surface area contributed by atoms with Gasteiger partial charge in [0.25, 0.3) is 0 Å². The second kappa shape index (κ2) is 6.44. The van der Waals surface area contributed by atoms with E-state index in [0.717, 1.165) is 5.56 Å². The molecule has 0 fully saturated rings. The zero-order chi connectivity index (χ0) is 15.4. The lowest BCUT2D eigenvalue weighted by atomic mass is 9.95. The number of carbonyl (C=O) groups is 1. The molecular weight excluding hydrogens is 272 g/mol. The van der Waals surface area contributed by atoms with Crippen LogP contribution in [-0.2, 0) is 4.79 Å². The molecule has 0 aromatic heterocycles. The lowest BCUT2D eigenvalue weighted by molar-refractivity contribution is -0.134. The third-order valence-electron chi connectivity index (χ3n) is 3.79. The molecule has 0 spiro atoms. The van der Waals surface area contributed by atoms with E-state index in [-0.39, 0.29) is 11.9 Å². The number of benzene rings is 3. The van der Waals surface area contributed by atoms with Gasteiger partial charge in [0.2, 0.25) is 0 Å². The number of hydrogen-bond acceptors (Lipinski definition) is 2.